The van der Waals surface area contributed by atoms with E-state index in [0.717, 1.165) is 31.6 Å². The first kappa shape index (κ1) is 23.1. The molecule has 3 N–H and O–H groups in total. The van der Waals surface area contributed by atoms with Crippen molar-refractivity contribution in [3.63, 3.8) is 0 Å². The monoisotopic (exact) mass is 374 g/mol. The van der Waals surface area contributed by atoms with Crippen molar-refractivity contribution in [2.75, 3.05) is 19.4 Å². The van der Waals surface area contributed by atoms with Crippen LogP contribution in [-0.2, 0) is 11.2 Å². The van der Waals surface area contributed by atoms with Crippen molar-refractivity contribution in [1.82, 2.24) is 5.32 Å². The van der Waals surface area contributed by atoms with E-state index in [-0.39, 0.29) is 23.1 Å². The van der Waals surface area contributed by atoms with Gasteiger partial charge in [-0.05, 0) is 51.0 Å². The fraction of sp³-hybridized carbons (Fsp3) is 0.611. The van der Waals surface area contributed by atoms with Gasteiger partial charge in [-0.15, -0.1) is 12.4 Å². The molecule has 0 aliphatic heterocycles. The molecular weight excluding hydrogens is 344 g/mol. The molecule has 0 aromatic heterocycles. The van der Waals surface area contributed by atoms with Crippen LogP contribution in [0.25, 0.3) is 0 Å². The summed E-state index contributed by atoms with van der Waals surface area (Å²) in [6, 6.07) is 7.58. The van der Waals surface area contributed by atoms with Crippen LogP contribution >= 0.6 is 24.2 Å². The minimum absolute atomic E-state index is 0. The van der Waals surface area contributed by atoms with Crippen molar-refractivity contribution >= 4 is 30.1 Å². The van der Waals surface area contributed by atoms with Gasteiger partial charge < -0.3 is 15.8 Å². The van der Waals surface area contributed by atoms with Crippen molar-refractivity contribution < 1.29 is 9.53 Å². The molecule has 0 aliphatic rings. The van der Waals surface area contributed by atoms with Gasteiger partial charge in [0, 0.05) is 11.3 Å². The Balaban J connectivity index is 0.00000529. The van der Waals surface area contributed by atoms with Gasteiger partial charge >= 0.3 is 0 Å². The second-order valence-electron chi connectivity index (χ2n) is 6.14. The molecule has 1 rings (SSSR count). The number of ether oxygens (including phenoxy) is 1. The number of amides is 1. The summed E-state index contributed by atoms with van der Waals surface area (Å²) in [5.41, 5.74) is 7.21. The summed E-state index contributed by atoms with van der Waals surface area (Å²) in [5.74, 6) is 0.862. The molecule has 0 spiro atoms. The van der Waals surface area contributed by atoms with E-state index in [9.17, 15) is 4.79 Å². The van der Waals surface area contributed by atoms with Crippen LogP contribution in [0.2, 0.25) is 0 Å². The van der Waals surface area contributed by atoms with Crippen LogP contribution < -0.4 is 15.8 Å². The first-order valence-electron chi connectivity index (χ1n) is 8.21. The highest BCUT2D eigenvalue weighted by atomic mass is 35.5. The van der Waals surface area contributed by atoms with Gasteiger partial charge in [-0.3, -0.25) is 4.79 Å². The van der Waals surface area contributed by atoms with Gasteiger partial charge in [-0.2, -0.15) is 11.8 Å². The van der Waals surface area contributed by atoms with Crippen LogP contribution in [-0.4, -0.2) is 36.1 Å². The van der Waals surface area contributed by atoms with Gasteiger partial charge in [-0.25, -0.2) is 0 Å². The minimum Gasteiger partial charge on any atom is -0.493 e. The molecule has 0 aliphatic carbocycles. The third kappa shape index (κ3) is 7.32. The quantitative estimate of drug-likeness (QED) is 0.616. The maximum absolute atomic E-state index is 12.1. The van der Waals surface area contributed by atoms with E-state index in [0.29, 0.717) is 6.54 Å². The Kier molecular flexibility index (Phi) is 11.2. The lowest BCUT2D eigenvalue weighted by Crippen LogP contribution is -2.52. The summed E-state index contributed by atoms with van der Waals surface area (Å²) < 4.78 is 5.49. The van der Waals surface area contributed by atoms with E-state index in [1.54, 1.807) is 11.8 Å². The average molecular weight is 375 g/mol. The standard InChI is InChI=1S/C18H30N2O2S.ClH/c1-5-13-22-15-11-7-6-9-14(15)10-8-12-20-17(21)16(19)18(2,3)23-4;/h6-7,9,11,16H,5,8,10,12-13,19H2,1-4H3,(H,20,21);1H/t16-;/m1./s1. The third-order valence-corrected chi connectivity index (χ3v) is 5.22. The molecule has 0 fully saturated rings. The number of aryl methyl sites for hydroxylation is 1. The van der Waals surface area contributed by atoms with Gasteiger partial charge in [0.15, 0.2) is 0 Å². The van der Waals surface area contributed by atoms with Gasteiger partial charge in [-0.1, -0.05) is 25.1 Å². The number of carbonyl (C=O) groups is 1. The topological polar surface area (TPSA) is 64.3 Å². The lowest BCUT2D eigenvalue weighted by Gasteiger charge is -2.28. The summed E-state index contributed by atoms with van der Waals surface area (Å²) in [6.07, 6.45) is 4.71. The van der Waals surface area contributed by atoms with Crippen molar-refractivity contribution in [2.45, 2.75) is 50.8 Å². The number of rotatable bonds is 10. The summed E-state index contributed by atoms with van der Waals surface area (Å²) >= 11 is 1.61. The molecule has 1 aromatic rings. The molecule has 1 aromatic carbocycles. The predicted molar refractivity (Wildman–Crippen MR) is 106 cm³/mol. The smallest absolute Gasteiger partial charge is 0.238 e. The van der Waals surface area contributed by atoms with Crippen LogP contribution in [0.15, 0.2) is 24.3 Å². The Morgan fingerprint density at radius 3 is 2.67 bits per heavy atom. The van der Waals surface area contributed by atoms with Crippen LogP contribution in [0.5, 0.6) is 5.75 Å². The summed E-state index contributed by atoms with van der Waals surface area (Å²) in [6.45, 7) is 7.43. The minimum atomic E-state index is -0.502. The maximum atomic E-state index is 12.1. The number of halogens is 1. The predicted octanol–water partition coefficient (Wildman–Crippen LogP) is 3.41. The second kappa shape index (κ2) is 11.6. The van der Waals surface area contributed by atoms with E-state index >= 15 is 0 Å². The second-order valence-corrected chi connectivity index (χ2v) is 7.60. The zero-order valence-electron chi connectivity index (χ0n) is 15.1. The van der Waals surface area contributed by atoms with Gasteiger partial charge in [0.1, 0.15) is 5.75 Å². The molecule has 0 unspecified atom stereocenters. The first-order valence-corrected chi connectivity index (χ1v) is 9.44. The van der Waals surface area contributed by atoms with Crippen molar-refractivity contribution in [3.05, 3.63) is 29.8 Å². The lowest BCUT2D eigenvalue weighted by atomic mass is 10.0. The molecule has 6 heteroatoms. The molecule has 24 heavy (non-hydrogen) atoms. The van der Waals surface area contributed by atoms with Crippen LogP contribution in [0.1, 0.15) is 39.2 Å². The van der Waals surface area contributed by atoms with E-state index in [4.69, 9.17) is 10.5 Å². The SMILES string of the molecule is CCCOc1ccccc1CCCNC(=O)[C@@H](N)C(C)(C)SC.Cl. The highest BCUT2D eigenvalue weighted by Crippen LogP contribution is 2.24. The Morgan fingerprint density at radius 1 is 1.38 bits per heavy atom. The van der Waals surface area contributed by atoms with Gasteiger partial charge in [0.05, 0.1) is 12.6 Å². The Hall–Kier alpha value is -0.910. The number of benzene rings is 1. The maximum Gasteiger partial charge on any atom is 0.238 e. The summed E-state index contributed by atoms with van der Waals surface area (Å²) in [7, 11) is 0. The van der Waals surface area contributed by atoms with Crippen LogP contribution in [0.4, 0.5) is 0 Å². The molecule has 1 amide bonds. The van der Waals surface area contributed by atoms with Crippen molar-refractivity contribution in [1.29, 1.82) is 0 Å². The van der Waals surface area contributed by atoms with Crippen LogP contribution in [0.3, 0.4) is 0 Å². The lowest BCUT2D eigenvalue weighted by molar-refractivity contribution is -0.122. The number of hydrogen-bond acceptors (Lipinski definition) is 4. The molecular formula is C18H31ClN2O2S. The number of hydrogen-bond donors (Lipinski definition) is 2. The number of para-hydroxylation sites is 1. The summed E-state index contributed by atoms with van der Waals surface area (Å²) in [5, 5.41) is 2.94. The van der Waals surface area contributed by atoms with Gasteiger partial charge in [0.2, 0.25) is 5.91 Å². The van der Waals surface area contributed by atoms with Crippen molar-refractivity contribution in [2.24, 2.45) is 5.73 Å². The Labute approximate surface area is 156 Å². The summed E-state index contributed by atoms with van der Waals surface area (Å²) in [4.78, 5) is 12.1. The molecule has 1 atom stereocenters. The first-order chi connectivity index (χ1) is 10.9. The average Bonchev–Trinajstić information content (AvgIpc) is 2.56. The van der Waals surface area contributed by atoms with E-state index < -0.39 is 6.04 Å². The van der Waals surface area contributed by atoms with E-state index in [2.05, 4.69) is 18.3 Å². The van der Waals surface area contributed by atoms with Gasteiger partial charge in [0.25, 0.3) is 0 Å². The molecule has 0 bridgehead atoms. The fourth-order valence-electron chi connectivity index (χ4n) is 2.11. The van der Waals surface area contributed by atoms with Crippen molar-refractivity contribution in [3.8, 4) is 5.75 Å². The number of carbonyl (C=O) groups excluding carboxylic acids is 1. The normalized spacial score (nSPS) is 12.2. The third-order valence-electron chi connectivity index (χ3n) is 3.91. The highest BCUT2D eigenvalue weighted by molar-refractivity contribution is 8.00. The zero-order chi connectivity index (χ0) is 17.3. The Bertz CT molecular complexity index is 498. The molecule has 0 radical (unpaired) electrons. The molecule has 0 heterocycles. The molecule has 0 saturated carbocycles. The van der Waals surface area contributed by atoms with E-state index in [1.165, 1.54) is 5.56 Å². The number of nitrogens with two attached hydrogens (primary N) is 1. The Morgan fingerprint density at radius 2 is 2.04 bits per heavy atom. The zero-order valence-corrected chi connectivity index (χ0v) is 16.8. The molecule has 138 valence electrons. The fourth-order valence-corrected chi connectivity index (χ4v) is 2.47. The van der Waals surface area contributed by atoms with Crippen LogP contribution in [0, 0.1) is 0 Å². The van der Waals surface area contributed by atoms with E-state index in [1.807, 2.05) is 38.3 Å². The number of thioether (sulfide) groups is 1. The number of nitrogens with one attached hydrogen (secondary N) is 1. The largest absolute Gasteiger partial charge is 0.493 e. The highest BCUT2D eigenvalue weighted by Gasteiger charge is 2.30. The molecule has 0 saturated heterocycles. The molecule has 4 nitrogen and oxygen atoms in total.